The number of nitrogens with two attached hydrogens (primary N) is 1. The van der Waals surface area contributed by atoms with Crippen LogP contribution in [0, 0.1) is 0 Å². The molecule has 0 atom stereocenters. The Hall–Kier alpha value is -1.18. The van der Waals surface area contributed by atoms with Crippen molar-refractivity contribution in [3.63, 3.8) is 0 Å². The maximum atomic E-state index is 5.63. The Labute approximate surface area is 105 Å². The number of nitrogen functional groups attached to an aromatic ring is 1. The van der Waals surface area contributed by atoms with E-state index in [1.165, 1.54) is 0 Å². The largest absolute Gasteiger partial charge is 0.382 e. The van der Waals surface area contributed by atoms with Crippen LogP contribution in [0.2, 0.25) is 5.28 Å². The molecule has 0 bridgehead atoms. The Morgan fingerprint density at radius 1 is 1.24 bits per heavy atom. The number of nitrogens with one attached hydrogen (secondary N) is 1. The molecule has 0 aliphatic rings. The smallest absolute Gasteiger partial charge is 0.228 e. The van der Waals surface area contributed by atoms with Crippen LogP contribution in [0.1, 0.15) is 6.42 Å². The van der Waals surface area contributed by atoms with E-state index in [1.807, 2.05) is 0 Å². The van der Waals surface area contributed by atoms with Gasteiger partial charge in [-0.2, -0.15) is 15.0 Å². The molecule has 0 saturated carbocycles. The predicted molar refractivity (Wildman–Crippen MR) is 65.1 cm³/mol. The highest BCUT2D eigenvalue weighted by Gasteiger charge is 2.00. The lowest BCUT2D eigenvalue weighted by Gasteiger charge is -2.06. The topological polar surface area (TPSA) is 95.2 Å². The van der Waals surface area contributed by atoms with Crippen molar-refractivity contribution in [2.45, 2.75) is 6.42 Å². The van der Waals surface area contributed by atoms with Crippen molar-refractivity contribution in [3.8, 4) is 0 Å². The van der Waals surface area contributed by atoms with Crippen LogP contribution in [-0.2, 0) is 9.47 Å². The number of nitrogens with zero attached hydrogens (tertiary/aromatic N) is 3. The van der Waals surface area contributed by atoms with Crippen molar-refractivity contribution in [1.29, 1.82) is 0 Å². The lowest BCUT2D eigenvalue weighted by atomic mass is 10.4. The third kappa shape index (κ3) is 6.20. The summed E-state index contributed by atoms with van der Waals surface area (Å²) in [5.74, 6) is 0.475. The number of hydrogen-bond donors (Lipinski definition) is 2. The zero-order valence-corrected chi connectivity index (χ0v) is 10.4. The van der Waals surface area contributed by atoms with Crippen molar-refractivity contribution in [3.05, 3.63) is 5.28 Å². The number of rotatable bonds is 8. The van der Waals surface area contributed by atoms with Crippen LogP contribution >= 0.6 is 11.6 Å². The molecule has 0 aromatic carbocycles. The quantitative estimate of drug-likeness (QED) is 0.661. The van der Waals surface area contributed by atoms with Gasteiger partial charge in [-0.15, -0.1) is 0 Å². The van der Waals surface area contributed by atoms with Gasteiger partial charge in [0.2, 0.25) is 17.2 Å². The fourth-order valence-corrected chi connectivity index (χ4v) is 1.23. The molecule has 0 spiro atoms. The van der Waals surface area contributed by atoms with Crippen LogP contribution in [0.4, 0.5) is 11.9 Å². The molecular weight excluding hydrogens is 246 g/mol. The molecule has 7 nitrogen and oxygen atoms in total. The maximum Gasteiger partial charge on any atom is 0.228 e. The fourth-order valence-electron chi connectivity index (χ4n) is 1.06. The number of anilines is 2. The first kappa shape index (κ1) is 13.9. The molecule has 0 saturated heterocycles. The van der Waals surface area contributed by atoms with Crippen molar-refractivity contribution >= 4 is 23.5 Å². The lowest BCUT2D eigenvalue weighted by Crippen LogP contribution is -2.11. The van der Waals surface area contributed by atoms with Gasteiger partial charge in [-0.3, -0.25) is 0 Å². The molecule has 1 rings (SSSR count). The molecule has 96 valence electrons. The van der Waals surface area contributed by atoms with Gasteiger partial charge in [-0.05, 0) is 18.0 Å². The second kappa shape index (κ2) is 7.99. The predicted octanol–water partition coefficient (Wildman–Crippen LogP) is 0.572. The molecule has 0 aliphatic heterocycles. The molecule has 1 aromatic rings. The van der Waals surface area contributed by atoms with Crippen LogP contribution in [-0.4, -0.2) is 48.4 Å². The number of methoxy groups -OCH3 is 1. The minimum absolute atomic E-state index is 0.0799. The van der Waals surface area contributed by atoms with Gasteiger partial charge in [-0.1, -0.05) is 0 Å². The zero-order valence-electron chi connectivity index (χ0n) is 9.65. The van der Waals surface area contributed by atoms with Crippen molar-refractivity contribution < 1.29 is 9.47 Å². The monoisotopic (exact) mass is 261 g/mol. The van der Waals surface area contributed by atoms with Gasteiger partial charge >= 0.3 is 0 Å². The van der Waals surface area contributed by atoms with Crippen molar-refractivity contribution in [2.75, 3.05) is 44.5 Å². The van der Waals surface area contributed by atoms with Crippen LogP contribution in [0.3, 0.4) is 0 Å². The Morgan fingerprint density at radius 3 is 2.76 bits per heavy atom. The molecule has 3 N–H and O–H groups in total. The van der Waals surface area contributed by atoms with Crippen LogP contribution in [0.25, 0.3) is 0 Å². The molecule has 8 heteroatoms. The van der Waals surface area contributed by atoms with Crippen molar-refractivity contribution in [1.82, 2.24) is 15.0 Å². The minimum Gasteiger partial charge on any atom is -0.382 e. The summed E-state index contributed by atoms with van der Waals surface area (Å²) in [4.78, 5) is 11.4. The summed E-state index contributed by atoms with van der Waals surface area (Å²) in [6, 6.07) is 0. The molecule has 1 aromatic heterocycles. The van der Waals surface area contributed by atoms with E-state index in [9.17, 15) is 0 Å². The molecule has 0 unspecified atom stereocenters. The summed E-state index contributed by atoms with van der Waals surface area (Å²) < 4.78 is 10.1. The minimum atomic E-state index is 0.0799. The summed E-state index contributed by atoms with van der Waals surface area (Å²) >= 11 is 5.63. The zero-order chi connectivity index (χ0) is 12.5. The lowest BCUT2D eigenvalue weighted by molar-refractivity contribution is 0.0705. The highest BCUT2D eigenvalue weighted by Crippen LogP contribution is 2.06. The summed E-state index contributed by atoms with van der Waals surface area (Å²) in [5, 5.41) is 3.06. The third-order valence-corrected chi connectivity index (χ3v) is 1.97. The number of ether oxygens (including phenoxy) is 2. The highest BCUT2D eigenvalue weighted by molar-refractivity contribution is 6.28. The Balaban J connectivity index is 2.13. The summed E-state index contributed by atoms with van der Waals surface area (Å²) in [5.41, 5.74) is 5.42. The van der Waals surface area contributed by atoms with E-state index in [0.717, 1.165) is 6.42 Å². The highest BCUT2D eigenvalue weighted by atomic mass is 35.5. The first-order valence-electron chi connectivity index (χ1n) is 5.20. The summed E-state index contributed by atoms with van der Waals surface area (Å²) in [6.45, 7) is 2.52. The van der Waals surface area contributed by atoms with Crippen LogP contribution in [0.15, 0.2) is 0 Å². The SMILES string of the molecule is COCCOCCCNc1nc(N)nc(Cl)n1. The fraction of sp³-hybridized carbons (Fsp3) is 0.667. The summed E-state index contributed by atoms with van der Waals surface area (Å²) in [7, 11) is 1.64. The van der Waals surface area contributed by atoms with Gasteiger partial charge in [0.25, 0.3) is 0 Å². The van der Waals surface area contributed by atoms with E-state index in [0.29, 0.717) is 32.3 Å². The Bertz CT molecular complexity index is 319. The van der Waals surface area contributed by atoms with E-state index in [2.05, 4.69) is 20.3 Å². The Kier molecular flexibility index (Phi) is 6.53. The first-order chi connectivity index (χ1) is 8.22. The third-order valence-electron chi connectivity index (χ3n) is 1.81. The van der Waals surface area contributed by atoms with Crippen molar-refractivity contribution in [2.24, 2.45) is 0 Å². The van der Waals surface area contributed by atoms with Gasteiger partial charge in [0.15, 0.2) is 0 Å². The van der Waals surface area contributed by atoms with E-state index in [-0.39, 0.29) is 11.2 Å². The second-order valence-electron chi connectivity index (χ2n) is 3.17. The van der Waals surface area contributed by atoms with Gasteiger partial charge in [-0.25, -0.2) is 0 Å². The summed E-state index contributed by atoms with van der Waals surface area (Å²) in [6.07, 6.45) is 0.826. The van der Waals surface area contributed by atoms with Gasteiger partial charge in [0.1, 0.15) is 0 Å². The standard InChI is InChI=1S/C9H16ClN5O2/c1-16-5-6-17-4-2-3-12-9-14-7(10)13-8(11)15-9/h2-6H2,1H3,(H3,11,12,13,14,15). The first-order valence-corrected chi connectivity index (χ1v) is 5.58. The maximum absolute atomic E-state index is 5.63. The van der Waals surface area contributed by atoms with Crippen LogP contribution in [0.5, 0.6) is 0 Å². The van der Waals surface area contributed by atoms with Crippen LogP contribution < -0.4 is 11.1 Å². The molecular formula is C9H16ClN5O2. The number of hydrogen-bond acceptors (Lipinski definition) is 7. The Morgan fingerprint density at radius 2 is 2.06 bits per heavy atom. The average molecular weight is 262 g/mol. The molecule has 0 amide bonds. The molecule has 0 fully saturated rings. The normalized spacial score (nSPS) is 10.5. The van der Waals surface area contributed by atoms with Gasteiger partial charge < -0.3 is 20.5 Å². The molecule has 1 heterocycles. The van der Waals surface area contributed by atoms with E-state index >= 15 is 0 Å². The number of halogens is 1. The average Bonchev–Trinajstić information content (AvgIpc) is 2.26. The molecule has 17 heavy (non-hydrogen) atoms. The van der Waals surface area contributed by atoms with E-state index in [4.69, 9.17) is 26.8 Å². The van der Waals surface area contributed by atoms with Gasteiger partial charge in [0, 0.05) is 20.3 Å². The number of aromatic nitrogens is 3. The second-order valence-corrected chi connectivity index (χ2v) is 3.51. The van der Waals surface area contributed by atoms with E-state index < -0.39 is 0 Å². The van der Waals surface area contributed by atoms with Gasteiger partial charge in [0.05, 0.1) is 13.2 Å². The van der Waals surface area contributed by atoms with E-state index in [1.54, 1.807) is 7.11 Å². The molecule has 0 aliphatic carbocycles. The molecule has 0 radical (unpaired) electrons.